The highest BCUT2D eigenvalue weighted by atomic mass is 79.9. The molecule has 0 spiro atoms. The molecule has 0 amide bonds. The molecule has 0 unspecified atom stereocenters. The number of halogens is 2. The summed E-state index contributed by atoms with van der Waals surface area (Å²) in [5, 5.41) is 0. The Hall–Kier alpha value is -1.04. The van der Waals surface area contributed by atoms with Crippen LogP contribution in [0.15, 0.2) is 45.3 Å². The van der Waals surface area contributed by atoms with Crippen molar-refractivity contribution in [2.45, 2.75) is 6.42 Å². The van der Waals surface area contributed by atoms with Gasteiger partial charge in [0.1, 0.15) is 17.2 Å². The first-order valence-corrected chi connectivity index (χ1v) is 7.72. The van der Waals surface area contributed by atoms with Gasteiger partial charge in [-0.25, -0.2) is 0 Å². The minimum Gasteiger partial charge on any atom is -0.497 e. The molecule has 0 bridgehead atoms. The van der Waals surface area contributed by atoms with Crippen LogP contribution in [-0.2, 0) is 6.42 Å². The molecule has 2 aromatic rings. The van der Waals surface area contributed by atoms with E-state index in [0.29, 0.717) is 6.54 Å². The Bertz CT molecular complexity index is 602. The number of rotatable bonds is 5. The topological polar surface area (TPSA) is 44.5 Å². The Kier molecular flexibility index (Phi) is 5.46. The lowest BCUT2D eigenvalue weighted by Gasteiger charge is -2.11. The molecule has 2 aromatic carbocycles. The smallest absolute Gasteiger partial charge is 0.141 e. The number of benzene rings is 2. The van der Waals surface area contributed by atoms with Crippen LogP contribution < -0.4 is 15.2 Å². The molecule has 0 fully saturated rings. The van der Waals surface area contributed by atoms with Gasteiger partial charge in [-0.05, 0) is 64.8 Å². The Morgan fingerprint density at radius 2 is 1.70 bits per heavy atom. The molecule has 3 nitrogen and oxygen atoms in total. The molecular formula is C15H15Br2NO2. The van der Waals surface area contributed by atoms with E-state index in [4.69, 9.17) is 15.2 Å². The first-order valence-electron chi connectivity index (χ1n) is 6.14. The molecule has 20 heavy (non-hydrogen) atoms. The number of hydrogen-bond acceptors (Lipinski definition) is 3. The summed E-state index contributed by atoms with van der Waals surface area (Å²) >= 11 is 7.01. The van der Waals surface area contributed by atoms with Gasteiger partial charge in [-0.2, -0.15) is 0 Å². The SMILES string of the molecule is COc1ccc(Oc2ccc(CCN)c(Br)c2)c(Br)c1. The summed E-state index contributed by atoms with van der Waals surface area (Å²) in [6.45, 7) is 0.628. The summed E-state index contributed by atoms with van der Waals surface area (Å²) in [6.07, 6.45) is 0.840. The zero-order valence-corrected chi connectivity index (χ0v) is 14.2. The fourth-order valence-electron chi connectivity index (χ4n) is 1.77. The Labute approximate surface area is 135 Å². The summed E-state index contributed by atoms with van der Waals surface area (Å²) in [4.78, 5) is 0. The maximum absolute atomic E-state index is 5.86. The third-order valence-electron chi connectivity index (χ3n) is 2.81. The van der Waals surface area contributed by atoms with Crippen LogP contribution in [-0.4, -0.2) is 13.7 Å². The van der Waals surface area contributed by atoms with E-state index >= 15 is 0 Å². The molecule has 0 aromatic heterocycles. The highest BCUT2D eigenvalue weighted by molar-refractivity contribution is 9.10. The van der Waals surface area contributed by atoms with Crippen molar-refractivity contribution < 1.29 is 9.47 Å². The molecule has 106 valence electrons. The number of ether oxygens (including phenoxy) is 2. The van der Waals surface area contributed by atoms with Crippen molar-refractivity contribution in [1.29, 1.82) is 0 Å². The van der Waals surface area contributed by atoms with Crippen molar-refractivity contribution in [3.8, 4) is 17.2 Å². The van der Waals surface area contributed by atoms with Crippen LogP contribution in [0, 0.1) is 0 Å². The van der Waals surface area contributed by atoms with Crippen molar-refractivity contribution in [3.63, 3.8) is 0 Å². The Morgan fingerprint density at radius 3 is 2.30 bits per heavy atom. The van der Waals surface area contributed by atoms with Crippen molar-refractivity contribution in [2.75, 3.05) is 13.7 Å². The van der Waals surface area contributed by atoms with Crippen LogP contribution in [0.3, 0.4) is 0 Å². The van der Waals surface area contributed by atoms with Crippen molar-refractivity contribution >= 4 is 31.9 Å². The van der Waals surface area contributed by atoms with E-state index in [2.05, 4.69) is 31.9 Å². The molecule has 0 atom stereocenters. The Morgan fingerprint density at radius 1 is 1.00 bits per heavy atom. The predicted molar refractivity (Wildman–Crippen MR) is 87.7 cm³/mol. The highest BCUT2D eigenvalue weighted by Gasteiger charge is 2.06. The minimum atomic E-state index is 0.628. The van der Waals surface area contributed by atoms with Crippen LogP contribution in [0.1, 0.15) is 5.56 Å². The molecule has 2 rings (SSSR count). The van der Waals surface area contributed by atoms with Crippen LogP contribution in [0.5, 0.6) is 17.2 Å². The molecule has 0 aliphatic rings. The lowest BCUT2D eigenvalue weighted by Crippen LogP contribution is -2.03. The molecule has 0 aliphatic carbocycles. The van der Waals surface area contributed by atoms with Gasteiger partial charge in [0.15, 0.2) is 0 Å². The van der Waals surface area contributed by atoms with Gasteiger partial charge < -0.3 is 15.2 Å². The molecule has 5 heteroatoms. The normalized spacial score (nSPS) is 10.4. The van der Waals surface area contributed by atoms with Gasteiger partial charge in [0, 0.05) is 4.47 Å². The first kappa shape index (κ1) is 15.4. The standard InChI is InChI=1S/C15H15Br2NO2/c1-19-11-4-5-15(14(17)8-11)20-12-3-2-10(6-7-18)13(16)9-12/h2-5,8-9H,6-7,18H2,1H3. The fraction of sp³-hybridized carbons (Fsp3) is 0.200. The molecule has 0 saturated carbocycles. The first-order chi connectivity index (χ1) is 9.63. The minimum absolute atomic E-state index is 0.628. The van der Waals surface area contributed by atoms with E-state index in [1.807, 2.05) is 36.4 Å². The molecule has 2 N–H and O–H groups in total. The van der Waals surface area contributed by atoms with Gasteiger partial charge in [0.25, 0.3) is 0 Å². The lowest BCUT2D eigenvalue weighted by atomic mass is 10.1. The summed E-state index contributed by atoms with van der Waals surface area (Å²) in [7, 11) is 1.63. The van der Waals surface area contributed by atoms with Gasteiger partial charge in [-0.1, -0.05) is 22.0 Å². The summed E-state index contributed by atoms with van der Waals surface area (Å²) in [6, 6.07) is 11.5. The fourth-order valence-corrected chi connectivity index (χ4v) is 2.76. The molecule has 0 heterocycles. The maximum atomic E-state index is 5.86. The highest BCUT2D eigenvalue weighted by Crippen LogP contribution is 2.34. The van der Waals surface area contributed by atoms with Crippen LogP contribution >= 0.6 is 31.9 Å². The van der Waals surface area contributed by atoms with Gasteiger partial charge >= 0.3 is 0 Å². The van der Waals surface area contributed by atoms with Crippen molar-refractivity contribution in [2.24, 2.45) is 5.73 Å². The summed E-state index contributed by atoms with van der Waals surface area (Å²) in [5.41, 5.74) is 6.74. The average Bonchev–Trinajstić information content (AvgIpc) is 2.44. The Balaban J connectivity index is 2.19. The summed E-state index contributed by atoms with van der Waals surface area (Å²) in [5.74, 6) is 2.29. The van der Waals surface area contributed by atoms with E-state index in [-0.39, 0.29) is 0 Å². The second kappa shape index (κ2) is 7.11. The second-order valence-corrected chi connectivity index (χ2v) is 5.90. The number of nitrogens with two attached hydrogens (primary N) is 1. The van der Waals surface area contributed by atoms with Crippen LogP contribution in [0.25, 0.3) is 0 Å². The third kappa shape index (κ3) is 3.75. The maximum Gasteiger partial charge on any atom is 0.141 e. The quantitative estimate of drug-likeness (QED) is 0.802. The molecule has 0 saturated heterocycles. The predicted octanol–water partition coefficient (Wildman–Crippen LogP) is 4.51. The summed E-state index contributed by atoms with van der Waals surface area (Å²) < 4.78 is 12.9. The van der Waals surface area contributed by atoms with Crippen LogP contribution in [0.4, 0.5) is 0 Å². The van der Waals surface area contributed by atoms with Gasteiger partial charge in [0.05, 0.1) is 11.6 Å². The second-order valence-electron chi connectivity index (χ2n) is 4.19. The average molecular weight is 401 g/mol. The van der Waals surface area contributed by atoms with Gasteiger partial charge in [-0.15, -0.1) is 0 Å². The third-order valence-corrected chi connectivity index (χ3v) is 4.16. The van der Waals surface area contributed by atoms with Gasteiger partial charge in [-0.3, -0.25) is 0 Å². The van der Waals surface area contributed by atoms with Crippen LogP contribution in [0.2, 0.25) is 0 Å². The van der Waals surface area contributed by atoms with Gasteiger partial charge in [0.2, 0.25) is 0 Å². The van der Waals surface area contributed by atoms with E-state index in [0.717, 1.165) is 32.6 Å². The lowest BCUT2D eigenvalue weighted by molar-refractivity contribution is 0.412. The van der Waals surface area contributed by atoms with E-state index in [9.17, 15) is 0 Å². The molecular weight excluding hydrogens is 386 g/mol. The van der Waals surface area contributed by atoms with E-state index < -0.39 is 0 Å². The zero-order chi connectivity index (χ0) is 14.5. The van der Waals surface area contributed by atoms with Crippen molar-refractivity contribution in [3.05, 3.63) is 50.9 Å². The monoisotopic (exact) mass is 399 g/mol. The molecule has 0 radical (unpaired) electrons. The molecule has 0 aliphatic heterocycles. The van der Waals surface area contributed by atoms with E-state index in [1.54, 1.807) is 7.11 Å². The number of hydrogen-bond donors (Lipinski definition) is 1. The van der Waals surface area contributed by atoms with Crippen molar-refractivity contribution in [1.82, 2.24) is 0 Å². The largest absolute Gasteiger partial charge is 0.497 e. The zero-order valence-electron chi connectivity index (χ0n) is 11.0. The van der Waals surface area contributed by atoms with E-state index in [1.165, 1.54) is 5.56 Å². The number of methoxy groups -OCH3 is 1.